The number of benzene rings is 1. The predicted molar refractivity (Wildman–Crippen MR) is 96.0 cm³/mol. The molecule has 4 rings (SSSR count). The van der Waals surface area contributed by atoms with E-state index in [1.807, 2.05) is 0 Å². The van der Waals surface area contributed by atoms with E-state index in [0.29, 0.717) is 17.8 Å². The molecule has 0 saturated heterocycles. The highest BCUT2D eigenvalue weighted by molar-refractivity contribution is 5.48. The maximum Gasteiger partial charge on any atom is 0.586 e. The zero-order chi connectivity index (χ0) is 19.9. The summed E-state index contributed by atoms with van der Waals surface area (Å²) < 4.78 is 37.8. The summed E-state index contributed by atoms with van der Waals surface area (Å²) in [6, 6.07) is 5.07. The lowest BCUT2D eigenvalue weighted by Gasteiger charge is -2.32. The van der Waals surface area contributed by atoms with Crippen molar-refractivity contribution < 1.29 is 23.4 Å². The molecule has 28 heavy (non-hydrogen) atoms. The number of hydrogen-bond acceptors (Lipinski definition) is 6. The van der Waals surface area contributed by atoms with Crippen molar-refractivity contribution in [1.82, 2.24) is 20.3 Å². The van der Waals surface area contributed by atoms with Gasteiger partial charge >= 0.3 is 6.29 Å². The molecule has 0 spiro atoms. The van der Waals surface area contributed by atoms with Crippen molar-refractivity contribution in [3.05, 3.63) is 35.7 Å². The van der Waals surface area contributed by atoms with Gasteiger partial charge in [0.2, 0.25) is 0 Å². The van der Waals surface area contributed by atoms with Gasteiger partial charge < -0.3 is 19.9 Å². The fourth-order valence-electron chi connectivity index (χ4n) is 3.79. The number of fused-ring (bicyclic) bond motifs is 1. The van der Waals surface area contributed by atoms with Gasteiger partial charge in [0.1, 0.15) is 11.3 Å². The summed E-state index contributed by atoms with van der Waals surface area (Å²) >= 11 is 0. The topological polar surface area (TPSA) is 81.4 Å². The van der Waals surface area contributed by atoms with Gasteiger partial charge in [-0.25, -0.2) is 4.68 Å². The van der Waals surface area contributed by atoms with Crippen molar-refractivity contribution in [2.24, 2.45) is 0 Å². The number of rotatable bonds is 5. The van der Waals surface area contributed by atoms with Crippen LogP contribution < -0.4 is 14.8 Å². The van der Waals surface area contributed by atoms with Crippen LogP contribution in [0.2, 0.25) is 0 Å². The number of alkyl halides is 2. The van der Waals surface area contributed by atoms with Crippen LogP contribution >= 0.6 is 0 Å². The molecule has 152 valence electrons. The Kier molecular flexibility index (Phi) is 4.75. The van der Waals surface area contributed by atoms with E-state index in [0.717, 1.165) is 25.7 Å². The van der Waals surface area contributed by atoms with Gasteiger partial charge in [0.15, 0.2) is 11.5 Å². The van der Waals surface area contributed by atoms with E-state index >= 15 is 0 Å². The van der Waals surface area contributed by atoms with Gasteiger partial charge in [-0.3, -0.25) is 0 Å². The van der Waals surface area contributed by atoms with Crippen molar-refractivity contribution in [2.45, 2.75) is 70.1 Å². The second-order valence-corrected chi connectivity index (χ2v) is 7.89. The Hall–Kier alpha value is -2.26. The molecule has 1 fully saturated rings. The summed E-state index contributed by atoms with van der Waals surface area (Å²) in [7, 11) is 0. The van der Waals surface area contributed by atoms with E-state index in [4.69, 9.17) is 0 Å². The summed E-state index contributed by atoms with van der Waals surface area (Å²) in [6.45, 7) is 3.72. The third-order valence-corrected chi connectivity index (χ3v) is 5.27. The molecule has 1 aromatic heterocycles. The van der Waals surface area contributed by atoms with Gasteiger partial charge in [0.05, 0.1) is 12.2 Å². The van der Waals surface area contributed by atoms with E-state index in [1.54, 1.807) is 36.9 Å². The van der Waals surface area contributed by atoms with Gasteiger partial charge in [-0.05, 0) is 32.8 Å². The Labute approximate surface area is 161 Å². The molecule has 1 saturated carbocycles. The molecule has 2 heterocycles. The summed E-state index contributed by atoms with van der Waals surface area (Å²) in [5.74, 6) is 0.132. The van der Waals surface area contributed by atoms with Crippen molar-refractivity contribution in [3.63, 3.8) is 0 Å². The number of para-hydroxylation sites is 1. The van der Waals surface area contributed by atoms with Crippen LogP contribution in [-0.4, -0.2) is 32.4 Å². The largest absolute Gasteiger partial charge is 0.586 e. The lowest BCUT2D eigenvalue weighted by molar-refractivity contribution is -0.286. The summed E-state index contributed by atoms with van der Waals surface area (Å²) in [5, 5.41) is 21.9. The second-order valence-electron chi connectivity index (χ2n) is 7.89. The molecule has 2 N–H and O–H groups in total. The molecule has 2 aromatic rings. The molecular formula is C19H24F2N4O3. The highest BCUT2D eigenvalue weighted by Crippen LogP contribution is 2.43. The average Bonchev–Trinajstić information content (AvgIpc) is 3.23. The van der Waals surface area contributed by atoms with Crippen molar-refractivity contribution >= 4 is 0 Å². The zero-order valence-corrected chi connectivity index (χ0v) is 15.9. The molecule has 7 nitrogen and oxygen atoms in total. The third-order valence-electron chi connectivity index (χ3n) is 5.27. The SMILES string of the molecule is CC(C)(O)c1cn([C@@H]2CCCC[C@@H]2NCc2cccc3c2OC(F)(F)O3)nn1. The van der Waals surface area contributed by atoms with Crippen LogP contribution in [0, 0.1) is 0 Å². The number of ether oxygens (including phenoxy) is 2. The Balaban J connectivity index is 1.49. The number of nitrogens with zero attached hydrogens (tertiary/aromatic N) is 3. The third kappa shape index (κ3) is 3.81. The standard InChI is InChI=1S/C19H24F2N4O3/c1-18(2,26)16-11-25(24-23-16)14-8-4-3-7-13(14)22-10-12-6-5-9-15-17(12)28-19(20,21)27-15/h5-6,9,11,13-14,22,26H,3-4,7-8,10H2,1-2H3/t13-,14+/m0/s1. The maximum absolute atomic E-state index is 13.4. The van der Waals surface area contributed by atoms with Gasteiger partial charge in [0, 0.05) is 18.2 Å². The Morgan fingerprint density at radius 1 is 1.29 bits per heavy atom. The number of nitrogens with one attached hydrogen (secondary N) is 1. The fourth-order valence-corrected chi connectivity index (χ4v) is 3.79. The Bertz CT molecular complexity index is 850. The van der Waals surface area contributed by atoms with E-state index < -0.39 is 11.9 Å². The van der Waals surface area contributed by atoms with E-state index in [2.05, 4.69) is 25.1 Å². The first-order valence-electron chi connectivity index (χ1n) is 9.49. The van der Waals surface area contributed by atoms with Gasteiger partial charge in [-0.1, -0.05) is 30.2 Å². The molecule has 2 atom stereocenters. The molecule has 9 heteroatoms. The minimum absolute atomic E-state index is 0.0515. The highest BCUT2D eigenvalue weighted by Gasteiger charge is 2.44. The van der Waals surface area contributed by atoms with Gasteiger partial charge in [0.25, 0.3) is 0 Å². The first kappa shape index (κ1) is 19.1. The van der Waals surface area contributed by atoms with Crippen LogP contribution in [0.25, 0.3) is 0 Å². The number of aliphatic hydroxyl groups is 1. The monoisotopic (exact) mass is 394 g/mol. The lowest BCUT2D eigenvalue weighted by atomic mass is 9.90. The normalized spacial score (nSPS) is 23.8. The molecule has 1 aliphatic heterocycles. The lowest BCUT2D eigenvalue weighted by Crippen LogP contribution is -2.39. The van der Waals surface area contributed by atoms with E-state index in [-0.39, 0.29) is 23.6 Å². The summed E-state index contributed by atoms with van der Waals surface area (Å²) in [5.41, 5.74) is 0.0865. The summed E-state index contributed by atoms with van der Waals surface area (Å²) in [4.78, 5) is 0. The molecule has 1 aliphatic carbocycles. The Morgan fingerprint density at radius 3 is 2.82 bits per heavy atom. The van der Waals surface area contributed by atoms with Crippen molar-refractivity contribution in [1.29, 1.82) is 0 Å². The maximum atomic E-state index is 13.4. The fraction of sp³-hybridized carbons (Fsp3) is 0.579. The van der Waals surface area contributed by atoms with Crippen LogP contribution in [-0.2, 0) is 12.1 Å². The quantitative estimate of drug-likeness (QED) is 0.811. The van der Waals surface area contributed by atoms with Crippen LogP contribution in [0.3, 0.4) is 0 Å². The van der Waals surface area contributed by atoms with Crippen LogP contribution in [0.5, 0.6) is 11.5 Å². The van der Waals surface area contributed by atoms with E-state index in [9.17, 15) is 13.9 Å². The predicted octanol–water partition coefficient (Wildman–Crippen LogP) is 3.10. The van der Waals surface area contributed by atoms with Crippen LogP contribution in [0.1, 0.15) is 56.8 Å². The molecule has 0 radical (unpaired) electrons. The molecular weight excluding hydrogens is 370 g/mol. The van der Waals surface area contributed by atoms with Crippen molar-refractivity contribution in [2.75, 3.05) is 0 Å². The minimum atomic E-state index is -3.62. The van der Waals surface area contributed by atoms with Crippen molar-refractivity contribution in [3.8, 4) is 11.5 Å². The molecule has 1 aromatic carbocycles. The zero-order valence-electron chi connectivity index (χ0n) is 15.9. The Morgan fingerprint density at radius 2 is 2.07 bits per heavy atom. The van der Waals surface area contributed by atoms with Crippen LogP contribution in [0.4, 0.5) is 8.78 Å². The molecule has 0 unspecified atom stereocenters. The molecule has 0 amide bonds. The number of halogens is 2. The first-order valence-corrected chi connectivity index (χ1v) is 9.49. The van der Waals surface area contributed by atoms with Crippen LogP contribution in [0.15, 0.2) is 24.4 Å². The van der Waals surface area contributed by atoms with E-state index in [1.165, 1.54) is 6.07 Å². The minimum Gasteiger partial charge on any atom is -0.395 e. The average molecular weight is 394 g/mol. The number of hydrogen-bond donors (Lipinski definition) is 2. The number of aromatic nitrogens is 3. The molecule has 0 bridgehead atoms. The van der Waals surface area contributed by atoms with Gasteiger partial charge in [-0.2, -0.15) is 0 Å². The second kappa shape index (κ2) is 6.97. The smallest absolute Gasteiger partial charge is 0.395 e. The first-order chi connectivity index (χ1) is 13.2. The van der Waals surface area contributed by atoms with Gasteiger partial charge in [-0.15, -0.1) is 13.9 Å². The summed E-state index contributed by atoms with van der Waals surface area (Å²) in [6.07, 6.45) is 2.17. The highest BCUT2D eigenvalue weighted by atomic mass is 19.3. The molecule has 2 aliphatic rings.